The van der Waals surface area contributed by atoms with Crippen LogP contribution in [0, 0.1) is 22.7 Å². The quantitative estimate of drug-likeness (QED) is 0.358. The summed E-state index contributed by atoms with van der Waals surface area (Å²) < 4.78 is 0.990. The van der Waals surface area contributed by atoms with Crippen molar-refractivity contribution in [2.45, 2.75) is 36.9 Å². The van der Waals surface area contributed by atoms with Crippen LogP contribution in [0.15, 0.2) is 57.2 Å². The van der Waals surface area contributed by atoms with Gasteiger partial charge in [0.15, 0.2) is 0 Å². The van der Waals surface area contributed by atoms with Crippen LogP contribution in [0.25, 0.3) is 0 Å². The highest BCUT2D eigenvalue weighted by Gasteiger charge is 2.36. The summed E-state index contributed by atoms with van der Waals surface area (Å²) in [6, 6.07) is 12.4. The Hall–Kier alpha value is -2.52. The van der Waals surface area contributed by atoms with Crippen molar-refractivity contribution in [2.24, 2.45) is 22.9 Å². The number of likely N-dealkylation sites (N-methyl/N-ethyl adjacent to an activating group) is 1. The first kappa shape index (κ1) is 25.7. The van der Waals surface area contributed by atoms with E-state index in [9.17, 15) is 19.3 Å². The summed E-state index contributed by atoms with van der Waals surface area (Å²) in [6.45, 7) is 3.89. The molecular formula is C23H29N3O4S2. The molecule has 0 unspecified atom stereocenters. The van der Waals surface area contributed by atoms with Gasteiger partial charge in [-0.1, -0.05) is 50.2 Å². The van der Waals surface area contributed by atoms with Crippen molar-refractivity contribution >= 4 is 40.8 Å². The van der Waals surface area contributed by atoms with Gasteiger partial charge in [-0.2, -0.15) is 0 Å². The second kappa shape index (κ2) is 13.1. The molecule has 0 aliphatic rings. The van der Waals surface area contributed by atoms with Crippen LogP contribution in [-0.4, -0.2) is 36.6 Å². The summed E-state index contributed by atoms with van der Waals surface area (Å²) in [7, 11) is 1.51. The molecule has 2 N–H and O–H groups in total. The van der Waals surface area contributed by atoms with Gasteiger partial charge < -0.3 is 10.6 Å². The van der Waals surface area contributed by atoms with Crippen LogP contribution in [0.2, 0.25) is 0 Å². The maximum atomic E-state index is 13.3. The Kier molecular flexibility index (Phi) is 10.6. The molecule has 0 spiro atoms. The molecule has 7 nitrogen and oxygen atoms in total. The zero-order valence-electron chi connectivity index (χ0n) is 18.4. The third kappa shape index (κ3) is 7.87. The molecule has 0 radical (unpaired) electrons. The van der Waals surface area contributed by atoms with Crippen LogP contribution >= 0.6 is 23.1 Å². The van der Waals surface area contributed by atoms with Gasteiger partial charge in [0.1, 0.15) is 6.04 Å². The molecule has 0 aliphatic carbocycles. The molecule has 0 saturated heterocycles. The highest BCUT2D eigenvalue weighted by atomic mass is 32.2. The normalized spacial score (nSPS) is 13.8. The van der Waals surface area contributed by atoms with Gasteiger partial charge >= 0.3 is 0 Å². The number of nitroso groups, excluding NO2 is 1. The lowest BCUT2D eigenvalue weighted by Gasteiger charge is -2.27. The number of carbonyl (C=O) groups is 3. The molecule has 2 aromatic rings. The fourth-order valence-corrected chi connectivity index (χ4v) is 5.40. The lowest BCUT2D eigenvalue weighted by molar-refractivity contribution is -0.135. The van der Waals surface area contributed by atoms with Crippen molar-refractivity contribution in [1.82, 2.24) is 10.6 Å². The third-order valence-corrected chi connectivity index (χ3v) is 7.27. The molecule has 9 heteroatoms. The Morgan fingerprint density at radius 3 is 2.31 bits per heavy atom. The maximum Gasteiger partial charge on any atom is 0.291 e. The van der Waals surface area contributed by atoms with Gasteiger partial charge in [-0.25, -0.2) is 0 Å². The number of carbonyl (C=O) groups excluding carboxylic acids is 3. The van der Waals surface area contributed by atoms with Crippen molar-refractivity contribution in [2.75, 3.05) is 12.8 Å². The second-order valence-electron chi connectivity index (χ2n) is 7.88. The van der Waals surface area contributed by atoms with Crippen molar-refractivity contribution in [3.8, 4) is 0 Å². The second-order valence-corrected chi connectivity index (χ2v) is 10.1. The van der Waals surface area contributed by atoms with E-state index >= 15 is 0 Å². The number of hydrogen-bond acceptors (Lipinski definition) is 6. The van der Waals surface area contributed by atoms with E-state index in [4.69, 9.17) is 0 Å². The molecule has 1 heterocycles. The van der Waals surface area contributed by atoms with E-state index in [1.54, 1.807) is 0 Å². The van der Waals surface area contributed by atoms with Gasteiger partial charge in [0.05, 0.1) is 16.0 Å². The molecule has 0 saturated carbocycles. The Labute approximate surface area is 196 Å². The number of rotatable bonds is 12. The average molecular weight is 476 g/mol. The summed E-state index contributed by atoms with van der Waals surface area (Å²) in [4.78, 5) is 49.4. The molecule has 0 bridgehead atoms. The number of hydrogen-bond donors (Lipinski definition) is 2. The predicted octanol–water partition coefficient (Wildman–Crippen LogP) is 3.89. The Balaban J connectivity index is 2.23. The van der Waals surface area contributed by atoms with Crippen LogP contribution in [0.1, 0.15) is 25.8 Å². The molecule has 0 aliphatic heterocycles. The summed E-state index contributed by atoms with van der Waals surface area (Å²) in [5, 5.41) is 9.97. The molecule has 32 heavy (non-hydrogen) atoms. The van der Waals surface area contributed by atoms with Gasteiger partial charge in [0.25, 0.3) is 5.91 Å². The van der Waals surface area contributed by atoms with Gasteiger partial charge in [-0.15, -0.1) is 28.0 Å². The third-order valence-electron chi connectivity index (χ3n) is 5.02. The van der Waals surface area contributed by atoms with Gasteiger partial charge in [0, 0.05) is 24.4 Å². The highest BCUT2D eigenvalue weighted by molar-refractivity contribution is 8.01. The van der Waals surface area contributed by atoms with E-state index in [0.29, 0.717) is 12.8 Å². The monoisotopic (exact) mass is 475 g/mol. The predicted molar refractivity (Wildman–Crippen MR) is 128 cm³/mol. The molecule has 2 rings (SSSR count). The van der Waals surface area contributed by atoms with E-state index in [0.717, 1.165) is 9.77 Å². The summed E-state index contributed by atoms with van der Waals surface area (Å²) in [6.07, 6.45) is 0.712. The minimum absolute atomic E-state index is 0.104. The molecule has 0 fully saturated rings. The topological polar surface area (TPSA) is 105 Å². The first-order valence-electron chi connectivity index (χ1n) is 10.4. The van der Waals surface area contributed by atoms with Crippen molar-refractivity contribution < 1.29 is 14.4 Å². The van der Waals surface area contributed by atoms with Crippen LogP contribution in [0.4, 0.5) is 0 Å². The van der Waals surface area contributed by atoms with Gasteiger partial charge in [-0.3, -0.25) is 14.4 Å². The smallest absolute Gasteiger partial charge is 0.291 e. The van der Waals surface area contributed by atoms with Crippen molar-refractivity contribution in [1.29, 1.82) is 0 Å². The molecule has 1 aromatic carbocycles. The largest absolute Gasteiger partial charge is 0.357 e. The van der Waals surface area contributed by atoms with Gasteiger partial charge in [0.2, 0.25) is 11.8 Å². The van der Waals surface area contributed by atoms with E-state index in [1.165, 1.54) is 30.1 Å². The first-order valence-corrected chi connectivity index (χ1v) is 12.3. The molecular weight excluding hydrogens is 446 g/mol. The number of nitrogens with one attached hydrogen (secondary N) is 2. The van der Waals surface area contributed by atoms with Crippen LogP contribution in [-0.2, 0) is 20.8 Å². The molecule has 1 aromatic heterocycles. The summed E-state index contributed by atoms with van der Waals surface area (Å²) in [5.74, 6) is -2.85. The fourth-order valence-electron chi connectivity index (χ4n) is 3.42. The first-order chi connectivity index (χ1) is 15.3. The van der Waals surface area contributed by atoms with Crippen LogP contribution in [0.5, 0.6) is 0 Å². The number of thiophene rings is 1. The number of benzene rings is 1. The number of nitrogens with zero attached hydrogens (tertiary/aromatic N) is 1. The van der Waals surface area contributed by atoms with Crippen molar-refractivity contribution in [3.63, 3.8) is 0 Å². The van der Waals surface area contributed by atoms with E-state index in [-0.39, 0.29) is 17.6 Å². The highest BCUT2D eigenvalue weighted by Crippen LogP contribution is 2.31. The van der Waals surface area contributed by atoms with E-state index < -0.39 is 29.7 Å². The summed E-state index contributed by atoms with van der Waals surface area (Å²) >= 11 is 2.95. The zero-order chi connectivity index (χ0) is 23.5. The Morgan fingerprint density at radius 1 is 1.03 bits per heavy atom. The number of thioether (sulfide) groups is 1. The molecule has 3 atom stereocenters. The summed E-state index contributed by atoms with van der Waals surface area (Å²) in [5.41, 5.74) is 0.900. The van der Waals surface area contributed by atoms with E-state index in [1.807, 2.05) is 61.7 Å². The standard InChI is InChI=1S/C23H29N3O4S2/c1-15(2)12-17(18(22(28)26-30)14-32-20-10-7-11-31-20)21(27)25-19(23(29)24-3)13-16-8-5-4-6-9-16/h4-11,15,17-19H,12-14H2,1-3H3,(H,24,29)(H,25,27)/t17-,18+,19+/m1/s1. The maximum absolute atomic E-state index is 13.3. The molecule has 172 valence electrons. The van der Waals surface area contributed by atoms with Gasteiger partial charge in [-0.05, 0) is 29.3 Å². The Morgan fingerprint density at radius 2 is 1.75 bits per heavy atom. The zero-order valence-corrected chi connectivity index (χ0v) is 20.1. The minimum atomic E-state index is -0.871. The SMILES string of the molecule is CNC(=O)[C@H](Cc1ccccc1)NC(=O)[C@H](CC(C)C)[C@H](CSc1cccs1)C(=O)N=O. The lowest BCUT2D eigenvalue weighted by Crippen LogP contribution is -2.50. The van der Waals surface area contributed by atoms with Crippen LogP contribution in [0.3, 0.4) is 0 Å². The van der Waals surface area contributed by atoms with E-state index in [2.05, 4.69) is 15.8 Å². The fraction of sp³-hybridized carbons (Fsp3) is 0.435. The lowest BCUT2D eigenvalue weighted by atomic mass is 9.84. The molecule has 3 amide bonds. The van der Waals surface area contributed by atoms with Crippen LogP contribution < -0.4 is 10.6 Å². The Bertz CT molecular complexity index is 888. The number of amides is 3. The average Bonchev–Trinajstić information content (AvgIpc) is 3.31. The minimum Gasteiger partial charge on any atom is -0.357 e. The van der Waals surface area contributed by atoms with Crippen molar-refractivity contribution in [3.05, 3.63) is 58.3 Å².